The van der Waals surface area contributed by atoms with Crippen LogP contribution in [0.3, 0.4) is 0 Å². The number of piperidine rings is 1. The predicted molar refractivity (Wildman–Crippen MR) is 62.9 cm³/mol. The first kappa shape index (κ1) is 12.9. The number of ether oxygens (including phenoxy) is 1. The minimum atomic E-state index is -4.45. The maximum Gasteiger partial charge on any atom is 0.433 e. The quantitative estimate of drug-likeness (QED) is 0.738. The second-order valence-corrected chi connectivity index (χ2v) is 5.87. The van der Waals surface area contributed by atoms with Crippen molar-refractivity contribution in [2.24, 2.45) is 5.92 Å². The Morgan fingerprint density at radius 2 is 2.21 bits per heavy atom. The Hall–Kier alpha value is -1.08. The summed E-state index contributed by atoms with van der Waals surface area (Å²) in [6.07, 6.45) is -3.79. The molecule has 3 heterocycles. The number of rotatable bonds is 0. The van der Waals surface area contributed by atoms with Crippen LogP contribution in [0.1, 0.15) is 24.6 Å². The van der Waals surface area contributed by atoms with E-state index in [1.165, 1.54) is 6.07 Å². The number of fused-ring (bicyclic) bond motifs is 3. The fraction of sp³-hybridized carbons (Fsp3) is 0.583. The molecule has 1 aromatic rings. The van der Waals surface area contributed by atoms with Crippen LogP contribution in [0.4, 0.5) is 13.2 Å². The maximum absolute atomic E-state index is 12.7. The van der Waals surface area contributed by atoms with E-state index in [1.807, 2.05) is 6.92 Å². The molecule has 3 radical (unpaired) electrons. The minimum absolute atomic E-state index is 0.0658. The lowest BCUT2D eigenvalue weighted by molar-refractivity contribution is -0.141. The van der Waals surface area contributed by atoms with Crippen LogP contribution in [0.2, 0.25) is 0 Å². The smallest absolute Gasteiger partial charge is 0.433 e. The van der Waals surface area contributed by atoms with Gasteiger partial charge < -0.3 is 10.1 Å². The molecule has 7 heteroatoms. The van der Waals surface area contributed by atoms with Crippen LogP contribution in [0.25, 0.3) is 0 Å². The lowest BCUT2D eigenvalue weighted by Gasteiger charge is -2.39. The number of nitrogens with zero attached hydrogens (tertiary/aromatic N) is 1. The minimum Gasteiger partial charge on any atom is -0.472 e. The molecule has 0 saturated carbocycles. The SMILES string of the molecule is C[C@H]1CCN[C@@]2([Si])c3ccc(C(F)(F)F)nc3O[C@@H]12. The molecule has 2 aliphatic rings. The van der Waals surface area contributed by atoms with Crippen LogP contribution < -0.4 is 10.1 Å². The van der Waals surface area contributed by atoms with Gasteiger partial charge >= 0.3 is 6.18 Å². The van der Waals surface area contributed by atoms with E-state index >= 15 is 0 Å². The summed E-state index contributed by atoms with van der Waals surface area (Å²) in [4.78, 5) is 3.61. The molecule has 19 heavy (non-hydrogen) atoms. The summed E-state index contributed by atoms with van der Waals surface area (Å²) in [6, 6.07) is 2.43. The molecule has 3 nitrogen and oxygen atoms in total. The third-order valence-corrected chi connectivity index (χ3v) is 4.49. The fourth-order valence-corrected chi connectivity index (χ4v) is 3.40. The summed E-state index contributed by atoms with van der Waals surface area (Å²) in [5, 5.41) is 2.63. The number of hydrogen-bond acceptors (Lipinski definition) is 3. The van der Waals surface area contributed by atoms with Crippen LogP contribution in [0.15, 0.2) is 12.1 Å². The van der Waals surface area contributed by atoms with Gasteiger partial charge in [0.25, 0.3) is 0 Å². The van der Waals surface area contributed by atoms with Gasteiger partial charge in [0.2, 0.25) is 5.88 Å². The number of alkyl halides is 3. The van der Waals surface area contributed by atoms with Crippen molar-refractivity contribution in [1.29, 1.82) is 0 Å². The van der Waals surface area contributed by atoms with Crippen molar-refractivity contribution in [1.82, 2.24) is 10.3 Å². The Morgan fingerprint density at radius 1 is 1.47 bits per heavy atom. The largest absolute Gasteiger partial charge is 0.472 e. The summed E-state index contributed by atoms with van der Waals surface area (Å²) in [5.41, 5.74) is -0.290. The molecule has 1 aromatic heterocycles. The van der Waals surface area contributed by atoms with E-state index in [9.17, 15) is 13.2 Å². The highest BCUT2D eigenvalue weighted by atomic mass is 28.1. The van der Waals surface area contributed by atoms with Crippen molar-refractivity contribution in [2.45, 2.75) is 30.8 Å². The molecule has 2 aliphatic heterocycles. The number of hydrogen-bond donors (Lipinski definition) is 1. The first-order valence-corrected chi connectivity index (χ1v) is 6.58. The van der Waals surface area contributed by atoms with E-state index in [-0.39, 0.29) is 17.9 Å². The van der Waals surface area contributed by atoms with E-state index in [1.54, 1.807) is 0 Å². The van der Waals surface area contributed by atoms with Gasteiger partial charge in [0, 0.05) is 5.56 Å². The van der Waals surface area contributed by atoms with Crippen molar-refractivity contribution in [3.63, 3.8) is 0 Å². The molecule has 0 unspecified atom stereocenters. The summed E-state index contributed by atoms with van der Waals surface area (Å²) < 4.78 is 43.6. The lowest BCUT2D eigenvalue weighted by atomic mass is 9.88. The van der Waals surface area contributed by atoms with Crippen molar-refractivity contribution in [3.8, 4) is 5.88 Å². The summed E-state index contributed by atoms with van der Waals surface area (Å²) >= 11 is 0. The topological polar surface area (TPSA) is 34.2 Å². The molecule has 1 saturated heterocycles. The summed E-state index contributed by atoms with van der Waals surface area (Å²) in [6.45, 7) is 2.81. The molecule has 0 aromatic carbocycles. The zero-order chi connectivity index (χ0) is 13.8. The van der Waals surface area contributed by atoms with Gasteiger partial charge in [-0.25, -0.2) is 4.98 Å². The Morgan fingerprint density at radius 3 is 2.89 bits per heavy atom. The average molecular weight is 285 g/mol. The van der Waals surface area contributed by atoms with Crippen LogP contribution in [-0.2, 0) is 11.3 Å². The first-order chi connectivity index (χ1) is 8.82. The number of nitrogens with one attached hydrogen (secondary N) is 1. The standard InChI is InChI=1S/C12H12F3N2OSi/c1-6-4-5-16-11(19)7-2-3-8(12(13,14)15)17-10(7)18-9(6)11/h2-3,6,9,16H,4-5H2,1H3/t6-,9-,11+/m0/s1. The highest BCUT2D eigenvalue weighted by Crippen LogP contribution is 2.44. The molecule has 0 spiro atoms. The van der Waals surface area contributed by atoms with Crippen LogP contribution >= 0.6 is 0 Å². The van der Waals surface area contributed by atoms with E-state index in [2.05, 4.69) is 20.5 Å². The van der Waals surface area contributed by atoms with Crippen LogP contribution in [0, 0.1) is 5.92 Å². The zero-order valence-corrected chi connectivity index (χ0v) is 11.2. The second-order valence-electron chi connectivity index (χ2n) is 5.09. The third-order valence-electron chi connectivity index (χ3n) is 3.76. The molecule has 101 valence electrons. The van der Waals surface area contributed by atoms with Crippen LogP contribution in [-0.4, -0.2) is 27.9 Å². The summed E-state index contributed by atoms with van der Waals surface area (Å²) in [5.74, 6) is 0.304. The van der Waals surface area contributed by atoms with Gasteiger partial charge in [0.15, 0.2) is 0 Å². The van der Waals surface area contributed by atoms with Crippen molar-refractivity contribution in [3.05, 3.63) is 23.4 Å². The Balaban J connectivity index is 2.05. The first-order valence-electron chi connectivity index (χ1n) is 6.08. The van der Waals surface area contributed by atoms with Gasteiger partial charge in [0.05, 0.1) is 15.4 Å². The van der Waals surface area contributed by atoms with Crippen molar-refractivity contribution < 1.29 is 17.9 Å². The van der Waals surface area contributed by atoms with Crippen LogP contribution in [0.5, 0.6) is 5.88 Å². The van der Waals surface area contributed by atoms with Gasteiger partial charge in [-0.1, -0.05) is 6.92 Å². The average Bonchev–Trinajstić information content (AvgIpc) is 2.62. The monoisotopic (exact) mass is 285 g/mol. The molecule has 3 rings (SSSR count). The van der Waals surface area contributed by atoms with Gasteiger partial charge in [0.1, 0.15) is 11.8 Å². The molecular formula is C12H12F3N2OSi. The Kier molecular flexibility index (Phi) is 2.69. The number of halogens is 3. The second kappa shape index (κ2) is 3.96. The lowest BCUT2D eigenvalue weighted by Crippen LogP contribution is -2.57. The maximum atomic E-state index is 12.7. The van der Waals surface area contributed by atoms with Crippen molar-refractivity contribution in [2.75, 3.05) is 6.54 Å². The van der Waals surface area contributed by atoms with E-state index in [0.717, 1.165) is 19.0 Å². The zero-order valence-electron chi connectivity index (χ0n) is 10.2. The number of aromatic nitrogens is 1. The fourth-order valence-electron chi connectivity index (χ4n) is 2.74. The van der Waals surface area contributed by atoms with E-state index in [0.29, 0.717) is 5.56 Å². The van der Waals surface area contributed by atoms with Gasteiger partial charge in [-0.2, -0.15) is 13.2 Å². The van der Waals surface area contributed by atoms with E-state index in [4.69, 9.17) is 4.74 Å². The van der Waals surface area contributed by atoms with Gasteiger partial charge in [-0.05, 0) is 31.0 Å². The Labute approximate surface area is 112 Å². The molecular weight excluding hydrogens is 273 g/mol. The highest BCUT2D eigenvalue weighted by Gasteiger charge is 2.51. The molecule has 0 aliphatic carbocycles. The highest BCUT2D eigenvalue weighted by molar-refractivity contribution is 6.17. The van der Waals surface area contributed by atoms with Crippen molar-refractivity contribution >= 4 is 10.2 Å². The van der Waals surface area contributed by atoms with Gasteiger partial charge in [-0.15, -0.1) is 0 Å². The molecule has 3 atom stereocenters. The van der Waals surface area contributed by atoms with E-state index < -0.39 is 17.0 Å². The third kappa shape index (κ3) is 1.87. The Bertz CT molecular complexity index is 522. The molecule has 0 amide bonds. The predicted octanol–water partition coefficient (Wildman–Crippen LogP) is 1.81. The summed E-state index contributed by atoms with van der Waals surface area (Å²) in [7, 11) is 3.64. The number of pyridine rings is 1. The molecule has 1 fully saturated rings. The molecule has 1 N–H and O–H groups in total. The molecule has 0 bridgehead atoms. The van der Waals surface area contributed by atoms with Gasteiger partial charge in [-0.3, -0.25) is 0 Å². The normalized spacial score (nSPS) is 33.5.